The lowest BCUT2D eigenvalue weighted by Crippen LogP contribution is -2.68. The molecule has 2 amide bonds. The number of amides is 2. The van der Waals surface area contributed by atoms with Crippen LogP contribution in [0.2, 0.25) is 0 Å². The first-order valence-corrected chi connectivity index (χ1v) is 10.4. The molecule has 0 aromatic carbocycles. The van der Waals surface area contributed by atoms with E-state index in [1.54, 1.807) is 6.33 Å². The molecular formula is C20H28N6O2. The van der Waals surface area contributed by atoms with Crippen LogP contribution in [-0.2, 0) is 23.2 Å². The van der Waals surface area contributed by atoms with Gasteiger partial charge in [-0.2, -0.15) is 0 Å². The Morgan fingerprint density at radius 1 is 1.21 bits per heavy atom. The first kappa shape index (κ1) is 17.8. The summed E-state index contributed by atoms with van der Waals surface area (Å²) < 4.78 is 1.96. The third kappa shape index (κ3) is 2.94. The van der Waals surface area contributed by atoms with Crippen LogP contribution < -0.4 is 0 Å². The van der Waals surface area contributed by atoms with Gasteiger partial charge in [0.2, 0.25) is 11.8 Å². The Hall–Kier alpha value is -2.22. The second-order valence-electron chi connectivity index (χ2n) is 8.73. The molecule has 0 unspecified atom stereocenters. The summed E-state index contributed by atoms with van der Waals surface area (Å²) >= 11 is 0. The minimum Gasteiger partial charge on any atom is -0.333 e. The van der Waals surface area contributed by atoms with Crippen LogP contribution in [0.5, 0.6) is 0 Å². The van der Waals surface area contributed by atoms with E-state index < -0.39 is 0 Å². The highest BCUT2D eigenvalue weighted by atomic mass is 16.2. The van der Waals surface area contributed by atoms with E-state index in [0.29, 0.717) is 25.4 Å². The highest BCUT2D eigenvalue weighted by molar-refractivity contribution is 5.89. The fraction of sp³-hybridized carbons (Fsp3) is 0.700. The number of likely N-dealkylation sites (tertiary alicyclic amines) is 1. The molecule has 0 radical (unpaired) electrons. The molecule has 5 rings (SSSR count). The summed E-state index contributed by atoms with van der Waals surface area (Å²) in [5, 5.41) is 8.23. The topological polar surface area (TPSA) is 74.6 Å². The van der Waals surface area contributed by atoms with E-state index in [9.17, 15) is 9.59 Å². The molecule has 1 aromatic rings. The molecule has 4 aliphatic rings. The van der Waals surface area contributed by atoms with Crippen molar-refractivity contribution >= 4 is 11.8 Å². The average molecular weight is 384 g/mol. The molecule has 3 saturated heterocycles. The Morgan fingerprint density at radius 3 is 2.75 bits per heavy atom. The van der Waals surface area contributed by atoms with Crippen LogP contribution in [0.25, 0.3) is 0 Å². The summed E-state index contributed by atoms with van der Waals surface area (Å²) in [4.78, 5) is 32.6. The van der Waals surface area contributed by atoms with E-state index >= 15 is 0 Å². The van der Waals surface area contributed by atoms with Gasteiger partial charge in [0.1, 0.15) is 18.2 Å². The van der Waals surface area contributed by atoms with Crippen LogP contribution in [-0.4, -0.2) is 79.5 Å². The van der Waals surface area contributed by atoms with E-state index in [1.807, 2.05) is 33.6 Å². The number of hydrogen-bond acceptors (Lipinski definition) is 5. The first-order chi connectivity index (χ1) is 13.6. The van der Waals surface area contributed by atoms with Gasteiger partial charge in [0, 0.05) is 51.6 Å². The molecule has 0 spiro atoms. The molecule has 4 aliphatic heterocycles. The number of rotatable bonds is 3. The van der Waals surface area contributed by atoms with Gasteiger partial charge in [0.05, 0.1) is 6.54 Å². The van der Waals surface area contributed by atoms with Crippen molar-refractivity contribution in [3.05, 3.63) is 24.3 Å². The molecule has 0 N–H and O–H groups in total. The minimum absolute atomic E-state index is 0.134. The lowest BCUT2D eigenvalue weighted by atomic mass is 9.71. The van der Waals surface area contributed by atoms with Crippen LogP contribution in [0.15, 0.2) is 18.5 Å². The second kappa shape index (κ2) is 6.99. The molecule has 28 heavy (non-hydrogen) atoms. The smallest absolute Gasteiger partial charge is 0.246 e. The zero-order valence-electron chi connectivity index (χ0n) is 16.4. The van der Waals surface area contributed by atoms with Gasteiger partial charge < -0.3 is 14.4 Å². The fourth-order valence-electron chi connectivity index (χ4n) is 5.70. The molecule has 5 heterocycles. The molecular weight excluding hydrogens is 356 g/mol. The Kier molecular flexibility index (Phi) is 4.45. The average Bonchev–Trinajstić information content (AvgIpc) is 3.35. The maximum absolute atomic E-state index is 13.4. The Labute approximate surface area is 165 Å². The van der Waals surface area contributed by atoms with Crippen LogP contribution in [0.4, 0.5) is 0 Å². The van der Waals surface area contributed by atoms with Crippen molar-refractivity contribution in [2.75, 3.05) is 26.2 Å². The predicted octanol–water partition coefficient (Wildman–Crippen LogP) is 0.415. The van der Waals surface area contributed by atoms with E-state index in [1.165, 1.54) is 0 Å². The normalized spacial score (nSPS) is 32.7. The van der Waals surface area contributed by atoms with E-state index in [4.69, 9.17) is 0 Å². The monoisotopic (exact) mass is 384 g/mol. The number of aryl methyl sites for hydroxylation is 1. The van der Waals surface area contributed by atoms with Gasteiger partial charge >= 0.3 is 0 Å². The lowest BCUT2D eigenvalue weighted by Gasteiger charge is -2.56. The lowest BCUT2D eigenvalue weighted by molar-refractivity contribution is -0.164. The third-order valence-corrected chi connectivity index (χ3v) is 6.97. The Morgan fingerprint density at radius 2 is 2.00 bits per heavy atom. The quantitative estimate of drug-likeness (QED) is 0.706. The first-order valence-electron chi connectivity index (χ1n) is 10.4. The van der Waals surface area contributed by atoms with Gasteiger partial charge in [0.15, 0.2) is 0 Å². The number of carbonyl (C=O) groups is 2. The van der Waals surface area contributed by atoms with E-state index in [2.05, 4.69) is 15.1 Å². The van der Waals surface area contributed by atoms with Crippen molar-refractivity contribution in [3.63, 3.8) is 0 Å². The maximum Gasteiger partial charge on any atom is 0.246 e. The molecule has 3 fully saturated rings. The molecule has 4 atom stereocenters. The Balaban J connectivity index is 1.42. The third-order valence-electron chi connectivity index (χ3n) is 6.97. The number of aromatic nitrogens is 3. The molecule has 150 valence electrons. The van der Waals surface area contributed by atoms with Crippen LogP contribution >= 0.6 is 0 Å². The molecule has 2 bridgehead atoms. The van der Waals surface area contributed by atoms with Crippen molar-refractivity contribution in [2.45, 2.75) is 44.3 Å². The highest BCUT2D eigenvalue weighted by Gasteiger charge is 2.52. The van der Waals surface area contributed by atoms with Crippen molar-refractivity contribution < 1.29 is 9.59 Å². The largest absolute Gasteiger partial charge is 0.333 e. The van der Waals surface area contributed by atoms with Crippen molar-refractivity contribution in [2.24, 2.45) is 18.9 Å². The number of hydrogen-bond donors (Lipinski definition) is 0. The minimum atomic E-state index is -0.309. The van der Waals surface area contributed by atoms with Crippen molar-refractivity contribution in [3.8, 4) is 0 Å². The van der Waals surface area contributed by atoms with Crippen molar-refractivity contribution in [1.29, 1.82) is 0 Å². The van der Waals surface area contributed by atoms with Crippen LogP contribution in [0.3, 0.4) is 0 Å². The van der Waals surface area contributed by atoms with Crippen LogP contribution in [0, 0.1) is 11.8 Å². The van der Waals surface area contributed by atoms with Gasteiger partial charge in [0.25, 0.3) is 0 Å². The Bertz CT molecular complexity index is 796. The number of piperidine rings is 3. The fourth-order valence-corrected chi connectivity index (χ4v) is 5.70. The van der Waals surface area contributed by atoms with Gasteiger partial charge in [-0.05, 0) is 25.2 Å². The molecule has 0 saturated carbocycles. The second-order valence-corrected chi connectivity index (χ2v) is 8.73. The van der Waals surface area contributed by atoms with Crippen molar-refractivity contribution in [1.82, 2.24) is 29.5 Å². The van der Waals surface area contributed by atoms with E-state index in [0.717, 1.165) is 44.7 Å². The summed E-state index contributed by atoms with van der Waals surface area (Å²) in [5.41, 5.74) is 0. The summed E-state index contributed by atoms with van der Waals surface area (Å²) in [6.07, 6.45) is 9.40. The number of fused-ring (bicyclic) bond motifs is 4. The summed E-state index contributed by atoms with van der Waals surface area (Å²) in [6, 6.07) is -0.111. The molecule has 8 nitrogen and oxygen atoms in total. The maximum atomic E-state index is 13.4. The zero-order valence-corrected chi connectivity index (χ0v) is 16.4. The van der Waals surface area contributed by atoms with Gasteiger partial charge in [-0.25, -0.2) is 0 Å². The van der Waals surface area contributed by atoms with Gasteiger partial charge in [-0.15, -0.1) is 10.2 Å². The highest BCUT2D eigenvalue weighted by Crippen LogP contribution is 2.42. The summed E-state index contributed by atoms with van der Waals surface area (Å²) in [7, 11) is 1.97. The molecule has 1 aromatic heterocycles. The predicted molar refractivity (Wildman–Crippen MR) is 102 cm³/mol. The molecule has 0 aliphatic carbocycles. The number of carbonyl (C=O) groups excluding carboxylic acids is 2. The standard InChI is InChI=1S/C20H28N6O2/c1-23-13-21-22-17(23)12-24-10-14-9-15(11-24)19(20(28)25-7-2-3-8-25)26-16(14)5-4-6-18(26)27/h2-3,13-16,19H,4-12H2,1H3/t14-,15+,16-,19+/m0/s1. The summed E-state index contributed by atoms with van der Waals surface area (Å²) in [6.45, 7) is 3.87. The van der Waals surface area contributed by atoms with Gasteiger partial charge in [-0.3, -0.25) is 14.5 Å². The van der Waals surface area contributed by atoms with Gasteiger partial charge in [-0.1, -0.05) is 12.2 Å². The number of nitrogens with zero attached hydrogens (tertiary/aromatic N) is 6. The zero-order chi connectivity index (χ0) is 19.3. The molecule has 8 heteroatoms. The summed E-state index contributed by atoms with van der Waals surface area (Å²) in [5.74, 6) is 1.89. The van der Waals surface area contributed by atoms with E-state index in [-0.39, 0.29) is 29.8 Å². The van der Waals surface area contributed by atoms with Crippen LogP contribution in [0.1, 0.15) is 31.5 Å². The SMILES string of the molecule is Cn1cnnc1CN1C[C@@H]2C[C@H](C1)[C@H](C(=O)N1CC=CC1)N1C(=O)CCC[C@@H]21.